The van der Waals surface area contributed by atoms with E-state index in [0.29, 0.717) is 13.2 Å². The van der Waals surface area contributed by atoms with E-state index in [1.54, 1.807) is 0 Å². The molecule has 1 rings (SSSR count). The normalized spacial score (nSPS) is 9.87. The van der Waals surface area contributed by atoms with Crippen molar-refractivity contribution in [3.63, 3.8) is 0 Å². The van der Waals surface area contributed by atoms with Gasteiger partial charge in [-0.05, 0) is 29.8 Å². The third kappa shape index (κ3) is 3.02. The minimum atomic E-state index is 0.630. The summed E-state index contributed by atoms with van der Waals surface area (Å²) in [6.07, 6.45) is 0. The van der Waals surface area contributed by atoms with Crippen molar-refractivity contribution in [1.29, 1.82) is 0 Å². The van der Waals surface area contributed by atoms with E-state index >= 15 is 0 Å². The fraction of sp³-hybridized carbons (Fsp3) is 0.455. The molecule has 0 atom stereocenters. The van der Waals surface area contributed by atoms with Crippen LogP contribution in [-0.2, 0) is 0 Å². The standard InChI is InChI=1S/C11H16BrNO2/c1-4-14-10-6-8(12)9(13-3)7-11(10)15-5-2/h6-7,13H,4-5H2,1-3H3. The van der Waals surface area contributed by atoms with Crippen molar-refractivity contribution >= 4 is 21.6 Å². The maximum Gasteiger partial charge on any atom is 0.163 e. The van der Waals surface area contributed by atoms with Crippen molar-refractivity contribution in [3.05, 3.63) is 16.6 Å². The molecule has 0 radical (unpaired) electrons. The van der Waals surface area contributed by atoms with Gasteiger partial charge < -0.3 is 14.8 Å². The zero-order valence-corrected chi connectivity index (χ0v) is 10.8. The van der Waals surface area contributed by atoms with Crippen LogP contribution in [0.15, 0.2) is 16.6 Å². The Hall–Kier alpha value is -0.900. The molecule has 3 nitrogen and oxygen atoms in total. The van der Waals surface area contributed by atoms with Gasteiger partial charge >= 0.3 is 0 Å². The van der Waals surface area contributed by atoms with Gasteiger partial charge in [-0.2, -0.15) is 0 Å². The molecule has 0 aliphatic rings. The molecule has 0 bridgehead atoms. The molecular weight excluding hydrogens is 258 g/mol. The Bertz CT molecular complexity index is 329. The summed E-state index contributed by atoms with van der Waals surface area (Å²) in [6, 6.07) is 3.85. The second-order valence-corrected chi connectivity index (χ2v) is 3.75. The molecule has 1 aromatic carbocycles. The van der Waals surface area contributed by atoms with Gasteiger partial charge in [-0.25, -0.2) is 0 Å². The van der Waals surface area contributed by atoms with Crippen molar-refractivity contribution < 1.29 is 9.47 Å². The second kappa shape index (κ2) is 5.85. The Labute approximate surface area is 98.9 Å². The fourth-order valence-corrected chi connectivity index (χ4v) is 1.78. The minimum absolute atomic E-state index is 0.630. The Balaban J connectivity index is 3.07. The summed E-state index contributed by atoms with van der Waals surface area (Å²) in [6.45, 7) is 5.17. The lowest BCUT2D eigenvalue weighted by Crippen LogP contribution is -2.00. The van der Waals surface area contributed by atoms with Crippen molar-refractivity contribution in [2.24, 2.45) is 0 Å². The number of halogens is 1. The lowest BCUT2D eigenvalue weighted by molar-refractivity contribution is 0.288. The van der Waals surface area contributed by atoms with Crippen LogP contribution in [0.4, 0.5) is 5.69 Å². The van der Waals surface area contributed by atoms with E-state index in [1.807, 2.05) is 33.0 Å². The highest BCUT2D eigenvalue weighted by atomic mass is 79.9. The Morgan fingerprint density at radius 2 is 1.67 bits per heavy atom. The van der Waals surface area contributed by atoms with Crippen molar-refractivity contribution in [2.75, 3.05) is 25.6 Å². The van der Waals surface area contributed by atoms with Crippen LogP contribution >= 0.6 is 15.9 Å². The summed E-state index contributed by atoms with van der Waals surface area (Å²) in [5, 5.41) is 3.08. The molecule has 0 saturated carbocycles. The molecule has 0 amide bonds. The molecular formula is C11H16BrNO2. The molecule has 0 spiro atoms. The van der Waals surface area contributed by atoms with E-state index in [2.05, 4.69) is 21.2 Å². The van der Waals surface area contributed by atoms with Crippen molar-refractivity contribution in [2.45, 2.75) is 13.8 Å². The second-order valence-electron chi connectivity index (χ2n) is 2.89. The lowest BCUT2D eigenvalue weighted by Gasteiger charge is -2.13. The zero-order chi connectivity index (χ0) is 11.3. The van der Waals surface area contributed by atoms with Crippen molar-refractivity contribution in [3.8, 4) is 11.5 Å². The summed E-state index contributed by atoms with van der Waals surface area (Å²) in [7, 11) is 1.87. The molecule has 0 aromatic heterocycles. The highest BCUT2D eigenvalue weighted by molar-refractivity contribution is 9.10. The SMILES string of the molecule is CCOc1cc(Br)c(NC)cc1OCC. The molecule has 1 aromatic rings. The molecule has 0 aliphatic heterocycles. The Morgan fingerprint density at radius 3 is 2.13 bits per heavy atom. The molecule has 0 aliphatic carbocycles. The number of hydrogen-bond donors (Lipinski definition) is 1. The van der Waals surface area contributed by atoms with Gasteiger partial charge in [-0.1, -0.05) is 0 Å². The average Bonchev–Trinajstić information content (AvgIpc) is 2.22. The lowest BCUT2D eigenvalue weighted by atomic mass is 10.2. The summed E-state index contributed by atoms with van der Waals surface area (Å²) in [5.41, 5.74) is 0.988. The van der Waals surface area contributed by atoms with Crippen LogP contribution in [0.1, 0.15) is 13.8 Å². The molecule has 0 unspecified atom stereocenters. The van der Waals surface area contributed by atoms with E-state index < -0.39 is 0 Å². The first-order valence-electron chi connectivity index (χ1n) is 4.99. The zero-order valence-electron chi connectivity index (χ0n) is 9.26. The van der Waals surface area contributed by atoms with Crippen LogP contribution in [-0.4, -0.2) is 20.3 Å². The number of rotatable bonds is 5. The first-order valence-corrected chi connectivity index (χ1v) is 5.79. The molecule has 0 heterocycles. The van der Waals surface area contributed by atoms with Gasteiger partial charge in [0, 0.05) is 23.7 Å². The van der Waals surface area contributed by atoms with E-state index in [4.69, 9.17) is 9.47 Å². The van der Waals surface area contributed by atoms with Gasteiger partial charge in [-0.15, -0.1) is 0 Å². The van der Waals surface area contributed by atoms with Crippen LogP contribution < -0.4 is 14.8 Å². The van der Waals surface area contributed by atoms with Gasteiger partial charge in [0.15, 0.2) is 11.5 Å². The summed E-state index contributed by atoms with van der Waals surface area (Å²) < 4.78 is 12.0. The van der Waals surface area contributed by atoms with Gasteiger partial charge in [0.2, 0.25) is 0 Å². The Morgan fingerprint density at radius 1 is 1.13 bits per heavy atom. The maximum absolute atomic E-state index is 5.50. The number of ether oxygens (including phenoxy) is 2. The topological polar surface area (TPSA) is 30.5 Å². The fourth-order valence-electron chi connectivity index (χ4n) is 1.26. The average molecular weight is 274 g/mol. The summed E-state index contributed by atoms with van der Waals surface area (Å²) in [5.74, 6) is 1.54. The highest BCUT2D eigenvalue weighted by Gasteiger charge is 2.09. The molecule has 84 valence electrons. The number of anilines is 1. The van der Waals surface area contributed by atoms with Crippen LogP contribution in [0.3, 0.4) is 0 Å². The monoisotopic (exact) mass is 273 g/mol. The van der Waals surface area contributed by atoms with E-state index in [9.17, 15) is 0 Å². The Kier molecular flexibility index (Phi) is 4.75. The summed E-state index contributed by atoms with van der Waals surface area (Å²) >= 11 is 3.46. The van der Waals surface area contributed by atoms with Gasteiger partial charge in [0.1, 0.15) is 0 Å². The number of benzene rings is 1. The third-order valence-corrected chi connectivity index (χ3v) is 2.56. The third-order valence-electron chi connectivity index (χ3n) is 1.90. The molecule has 4 heteroatoms. The highest BCUT2D eigenvalue weighted by Crippen LogP contribution is 2.36. The van der Waals surface area contributed by atoms with Gasteiger partial charge in [0.25, 0.3) is 0 Å². The largest absolute Gasteiger partial charge is 0.490 e. The predicted molar refractivity (Wildman–Crippen MR) is 66.0 cm³/mol. The van der Waals surface area contributed by atoms with Crippen molar-refractivity contribution in [1.82, 2.24) is 0 Å². The van der Waals surface area contributed by atoms with E-state index in [0.717, 1.165) is 21.7 Å². The smallest absolute Gasteiger partial charge is 0.163 e. The predicted octanol–water partition coefficient (Wildman–Crippen LogP) is 3.29. The quantitative estimate of drug-likeness (QED) is 0.893. The first kappa shape index (κ1) is 12.2. The van der Waals surface area contributed by atoms with Crippen LogP contribution in [0.25, 0.3) is 0 Å². The molecule has 0 fully saturated rings. The first-order chi connectivity index (χ1) is 7.22. The molecule has 1 N–H and O–H groups in total. The van der Waals surface area contributed by atoms with E-state index in [1.165, 1.54) is 0 Å². The van der Waals surface area contributed by atoms with Gasteiger partial charge in [-0.3, -0.25) is 0 Å². The minimum Gasteiger partial charge on any atom is -0.490 e. The van der Waals surface area contributed by atoms with Gasteiger partial charge in [0.05, 0.1) is 18.9 Å². The maximum atomic E-state index is 5.50. The molecule has 0 saturated heterocycles. The number of hydrogen-bond acceptors (Lipinski definition) is 3. The summed E-state index contributed by atoms with van der Waals surface area (Å²) in [4.78, 5) is 0. The number of nitrogens with one attached hydrogen (secondary N) is 1. The van der Waals surface area contributed by atoms with Crippen LogP contribution in [0.2, 0.25) is 0 Å². The van der Waals surface area contributed by atoms with Crippen LogP contribution in [0, 0.1) is 0 Å². The van der Waals surface area contributed by atoms with Crippen LogP contribution in [0.5, 0.6) is 11.5 Å². The van der Waals surface area contributed by atoms with E-state index in [-0.39, 0.29) is 0 Å². The molecule has 15 heavy (non-hydrogen) atoms.